The number of nitrogens with zero attached hydrogens (tertiary/aromatic N) is 2. The van der Waals surface area contributed by atoms with Crippen molar-refractivity contribution in [1.82, 2.24) is 19.8 Å². The highest BCUT2D eigenvalue weighted by molar-refractivity contribution is 7.89. The summed E-state index contributed by atoms with van der Waals surface area (Å²) >= 11 is 0. The molecule has 0 spiro atoms. The van der Waals surface area contributed by atoms with Crippen molar-refractivity contribution in [1.29, 1.82) is 0 Å². The lowest BCUT2D eigenvalue weighted by Gasteiger charge is -2.30. The monoisotopic (exact) mass is 558 g/mol. The number of likely N-dealkylation sites (tertiary alicyclic amines) is 1. The second-order valence-corrected chi connectivity index (χ2v) is 12.5. The Labute approximate surface area is 230 Å². The quantitative estimate of drug-likeness (QED) is 0.529. The number of β-amino-alcohol motifs (C(OH)–C–C–N with tert-alkyl or cyclic N) is 1. The van der Waals surface area contributed by atoms with Crippen LogP contribution in [0.4, 0.5) is 4.79 Å². The molecule has 2 heterocycles. The van der Waals surface area contributed by atoms with Crippen molar-refractivity contribution in [2.75, 3.05) is 40.3 Å². The van der Waals surface area contributed by atoms with Crippen LogP contribution in [0, 0.1) is 0 Å². The molecule has 39 heavy (non-hydrogen) atoms. The summed E-state index contributed by atoms with van der Waals surface area (Å²) in [6, 6.07) is 12.3. The lowest BCUT2D eigenvalue weighted by molar-refractivity contribution is 0.0713. The number of methoxy groups -OCH3 is 1. The van der Waals surface area contributed by atoms with Gasteiger partial charge in [0.15, 0.2) is 0 Å². The van der Waals surface area contributed by atoms with Gasteiger partial charge in [0.2, 0.25) is 10.0 Å². The van der Waals surface area contributed by atoms with E-state index in [1.807, 2.05) is 36.2 Å². The van der Waals surface area contributed by atoms with E-state index < -0.39 is 22.2 Å². The van der Waals surface area contributed by atoms with Crippen LogP contribution in [-0.2, 0) is 10.0 Å². The van der Waals surface area contributed by atoms with Gasteiger partial charge in [-0.3, -0.25) is 4.90 Å². The number of hydrogen-bond acceptors (Lipinski definition) is 7. The van der Waals surface area contributed by atoms with Crippen molar-refractivity contribution in [3.63, 3.8) is 0 Å². The van der Waals surface area contributed by atoms with Crippen molar-refractivity contribution in [3.8, 4) is 22.6 Å². The first-order valence-electron chi connectivity index (χ1n) is 13.6. The van der Waals surface area contributed by atoms with E-state index in [-0.39, 0.29) is 41.8 Å². The molecule has 2 aliphatic heterocycles. The standard InChI is InChI=1S/C28H38N4O6S/c1-31-16-22(33)15-29-39(35,36)27-12-11-20(19-7-6-10-23(13-19)37-2)14-25(27)38-26-18-32(17-24(26)31)28(34)30-21-8-4-3-5-9-21/h6-7,10-14,21-22,24,26,29,33H,3-5,8-9,15-18H2,1-2H3,(H,30,34)/t22-,24+,26-/m0/s1. The van der Waals surface area contributed by atoms with Crippen LogP contribution in [0.2, 0.25) is 0 Å². The van der Waals surface area contributed by atoms with Gasteiger partial charge in [0.25, 0.3) is 0 Å². The Morgan fingerprint density at radius 2 is 1.85 bits per heavy atom. The number of likely N-dealkylation sites (N-methyl/N-ethyl adjacent to an activating group) is 1. The van der Waals surface area contributed by atoms with E-state index in [0.717, 1.165) is 36.8 Å². The molecule has 2 amide bonds. The van der Waals surface area contributed by atoms with E-state index in [0.29, 0.717) is 18.8 Å². The van der Waals surface area contributed by atoms with E-state index >= 15 is 0 Å². The summed E-state index contributed by atoms with van der Waals surface area (Å²) in [6.07, 6.45) is 4.00. The van der Waals surface area contributed by atoms with Gasteiger partial charge in [-0.2, -0.15) is 0 Å². The van der Waals surface area contributed by atoms with Crippen LogP contribution in [0.3, 0.4) is 0 Å². The first kappa shape index (κ1) is 27.7. The minimum Gasteiger partial charge on any atom is -0.497 e. The third-order valence-corrected chi connectivity index (χ3v) is 9.41. The van der Waals surface area contributed by atoms with Gasteiger partial charge in [-0.05, 0) is 55.3 Å². The molecule has 1 saturated carbocycles. The molecule has 5 rings (SSSR count). The Kier molecular flexibility index (Phi) is 8.32. The molecule has 1 aliphatic carbocycles. The van der Waals surface area contributed by atoms with Gasteiger partial charge in [0.05, 0.1) is 25.8 Å². The number of aliphatic hydroxyl groups is 1. The number of rotatable bonds is 3. The van der Waals surface area contributed by atoms with Gasteiger partial charge in [0.1, 0.15) is 22.5 Å². The smallest absolute Gasteiger partial charge is 0.317 e. The van der Waals surface area contributed by atoms with Crippen molar-refractivity contribution >= 4 is 16.1 Å². The molecule has 0 radical (unpaired) electrons. The number of aliphatic hydroxyl groups excluding tert-OH is 1. The molecular weight excluding hydrogens is 520 g/mol. The number of amides is 2. The third-order valence-electron chi connectivity index (χ3n) is 7.95. The fraction of sp³-hybridized carbons (Fsp3) is 0.536. The van der Waals surface area contributed by atoms with E-state index in [1.165, 1.54) is 12.5 Å². The number of carbonyl (C=O) groups excluding carboxylic acids is 1. The van der Waals surface area contributed by atoms with Crippen LogP contribution in [0.15, 0.2) is 47.4 Å². The minimum absolute atomic E-state index is 0.00486. The summed E-state index contributed by atoms with van der Waals surface area (Å²) in [5, 5.41) is 13.8. The fourth-order valence-corrected chi connectivity index (χ4v) is 6.94. The molecule has 3 atom stereocenters. The van der Waals surface area contributed by atoms with Crippen molar-refractivity contribution in [2.45, 2.75) is 61.3 Å². The summed E-state index contributed by atoms with van der Waals surface area (Å²) in [5.74, 6) is 0.891. The lowest BCUT2D eigenvalue weighted by atomic mass is 9.96. The number of hydrogen-bond donors (Lipinski definition) is 3. The topological polar surface area (TPSA) is 120 Å². The first-order chi connectivity index (χ1) is 18.7. The number of ether oxygens (including phenoxy) is 2. The Morgan fingerprint density at radius 1 is 1.08 bits per heavy atom. The predicted molar refractivity (Wildman–Crippen MR) is 147 cm³/mol. The highest BCUT2D eigenvalue weighted by Crippen LogP contribution is 2.34. The van der Waals surface area contributed by atoms with Crippen molar-refractivity contribution in [2.24, 2.45) is 0 Å². The number of carbonyl (C=O) groups is 1. The zero-order valence-corrected chi connectivity index (χ0v) is 23.3. The summed E-state index contributed by atoms with van der Waals surface area (Å²) in [4.78, 5) is 16.9. The number of urea groups is 1. The molecule has 212 valence electrons. The minimum atomic E-state index is -3.97. The average Bonchev–Trinajstić information content (AvgIpc) is 3.36. The second-order valence-electron chi connectivity index (χ2n) is 10.8. The first-order valence-corrected chi connectivity index (χ1v) is 15.1. The Bertz CT molecular complexity index is 1280. The molecule has 2 aromatic carbocycles. The maximum absolute atomic E-state index is 13.3. The largest absolute Gasteiger partial charge is 0.497 e. The average molecular weight is 559 g/mol. The molecular formula is C28H38N4O6S. The molecule has 11 heteroatoms. The molecule has 1 saturated heterocycles. The van der Waals surface area contributed by atoms with Crippen LogP contribution in [0.5, 0.6) is 11.5 Å². The SMILES string of the molecule is COc1cccc(-c2ccc3c(c2)O[C@H]2CN(C(=O)NC4CCCCC4)C[C@H]2N(C)C[C@@H](O)CNS3(=O)=O)c1. The molecule has 0 bridgehead atoms. The maximum Gasteiger partial charge on any atom is 0.317 e. The van der Waals surface area contributed by atoms with E-state index in [2.05, 4.69) is 10.0 Å². The number of sulfonamides is 1. The second kappa shape index (κ2) is 11.7. The predicted octanol–water partition coefficient (Wildman–Crippen LogP) is 2.42. The highest BCUT2D eigenvalue weighted by atomic mass is 32.2. The zero-order chi connectivity index (χ0) is 27.6. The van der Waals surface area contributed by atoms with E-state index in [9.17, 15) is 18.3 Å². The number of benzene rings is 2. The van der Waals surface area contributed by atoms with Crippen LogP contribution in [-0.4, -0.2) is 94.0 Å². The summed E-state index contributed by atoms with van der Waals surface area (Å²) in [6.45, 7) is 0.820. The third kappa shape index (κ3) is 6.32. The summed E-state index contributed by atoms with van der Waals surface area (Å²) < 4.78 is 40.9. The molecule has 0 aromatic heterocycles. The normalized spacial score (nSPS) is 26.0. The van der Waals surface area contributed by atoms with Crippen LogP contribution >= 0.6 is 0 Å². The lowest BCUT2D eigenvalue weighted by Crippen LogP contribution is -2.48. The molecule has 2 aromatic rings. The van der Waals surface area contributed by atoms with Crippen molar-refractivity contribution < 1.29 is 27.8 Å². The van der Waals surface area contributed by atoms with Gasteiger partial charge in [0, 0.05) is 25.7 Å². The molecule has 3 N–H and O–H groups in total. The van der Waals surface area contributed by atoms with Gasteiger partial charge in [-0.25, -0.2) is 17.9 Å². The molecule has 10 nitrogen and oxygen atoms in total. The number of nitrogens with one attached hydrogen (secondary N) is 2. The van der Waals surface area contributed by atoms with E-state index in [4.69, 9.17) is 9.47 Å². The Hall–Kier alpha value is -2.86. The number of fused-ring (bicyclic) bond motifs is 2. The highest BCUT2D eigenvalue weighted by Gasteiger charge is 2.41. The van der Waals surface area contributed by atoms with Gasteiger partial charge >= 0.3 is 6.03 Å². The molecule has 2 fully saturated rings. The van der Waals surface area contributed by atoms with Crippen LogP contribution in [0.1, 0.15) is 32.1 Å². The van der Waals surface area contributed by atoms with Gasteiger partial charge < -0.3 is 24.8 Å². The van der Waals surface area contributed by atoms with Gasteiger partial charge in [-0.15, -0.1) is 0 Å². The Balaban J connectivity index is 1.47. The summed E-state index contributed by atoms with van der Waals surface area (Å²) in [5.41, 5.74) is 1.62. The van der Waals surface area contributed by atoms with E-state index in [1.54, 1.807) is 24.1 Å². The molecule has 3 aliphatic rings. The van der Waals surface area contributed by atoms with Crippen molar-refractivity contribution in [3.05, 3.63) is 42.5 Å². The van der Waals surface area contributed by atoms with Crippen LogP contribution < -0.4 is 19.5 Å². The van der Waals surface area contributed by atoms with Gasteiger partial charge in [-0.1, -0.05) is 37.5 Å². The zero-order valence-electron chi connectivity index (χ0n) is 22.5. The Morgan fingerprint density at radius 3 is 2.62 bits per heavy atom. The maximum atomic E-state index is 13.3. The fourth-order valence-electron chi connectivity index (χ4n) is 5.76. The van der Waals surface area contributed by atoms with Crippen LogP contribution in [0.25, 0.3) is 11.1 Å². The molecule has 0 unspecified atom stereocenters. The summed E-state index contributed by atoms with van der Waals surface area (Å²) in [7, 11) is -0.506.